The maximum Gasteiger partial charge on any atom is 0.334 e. The molecule has 2 aromatic rings. The molecule has 1 aliphatic heterocycles. The summed E-state index contributed by atoms with van der Waals surface area (Å²) in [6, 6.07) is 4.12. The zero-order valence-electron chi connectivity index (χ0n) is 13.8. The van der Waals surface area contributed by atoms with Crippen LogP contribution in [0.4, 0.5) is 5.69 Å². The van der Waals surface area contributed by atoms with Crippen LogP contribution in [0.2, 0.25) is 0 Å². The van der Waals surface area contributed by atoms with E-state index in [0.29, 0.717) is 0 Å². The molecular formula is C16H16N4O6. The number of morpholine rings is 1. The normalized spacial score (nSPS) is 20.0. The quantitative estimate of drug-likeness (QED) is 0.638. The predicted molar refractivity (Wildman–Crippen MR) is 88.1 cm³/mol. The van der Waals surface area contributed by atoms with E-state index in [1.807, 2.05) is 0 Å². The Balaban J connectivity index is 1.91. The molecule has 0 spiro atoms. The minimum atomic E-state index is -1.16. The standard InChI is InChI=1S/C16H16N4O6/c1-10-7-19(8-14(26-10)16(22)23)15(21)11-2-3-12(13(6-11)20(24)25)18-5-4-17-9-18/h2-6,9-10,14H,7-8H2,1H3,(H,22,23)/t10-,14?/m1/s1. The lowest BCUT2D eigenvalue weighted by Gasteiger charge is -2.35. The number of nitro groups is 1. The van der Waals surface area contributed by atoms with Gasteiger partial charge in [-0.05, 0) is 19.1 Å². The van der Waals surface area contributed by atoms with E-state index in [-0.39, 0.29) is 30.0 Å². The molecule has 1 amide bonds. The molecular weight excluding hydrogens is 344 g/mol. The number of nitro benzene ring substituents is 1. The van der Waals surface area contributed by atoms with Crippen molar-refractivity contribution in [2.45, 2.75) is 19.1 Å². The number of aliphatic carboxylic acids is 1. The van der Waals surface area contributed by atoms with Crippen LogP contribution in [0.1, 0.15) is 17.3 Å². The molecule has 26 heavy (non-hydrogen) atoms. The molecule has 1 aromatic carbocycles. The van der Waals surface area contributed by atoms with Crippen LogP contribution in [0, 0.1) is 10.1 Å². The second-order valence-electron chi connectivity index (χ2n) is 5.91. The molecule has 3 rings (SSSR count). The number of aromatic nitrogens is 2. The lowest BCUT2D eigenvalue weighted by Crippen LogP contribution is -2.51. The first-order chi connectivity index (χ1) is 12.4. The van der Waals surface area contributed by atoms with Crippen LogP contribution >= 0.6 is 0 Å². The van der Waals surface area contributed by atoms with E-state index >= 15 is 0 Å². The van der Waals surface area contributed by atoms with E-state index in [1.165, 1.54) is 40.2 Å². The van der Waals surface area contributed by atoms with Gasteiger partial charge in [0.1, 0.15) is 5.69 Å². The zero-order chi connectivity index (χ0) is 18.8. The number of hydrogen-bond acceptors (Lipinski definition) is 6. The van der Waals surface area contributed by atoms with E-state index in [2.05, 4.69) is 4.98 Å². The van der Waals surface area contributed by atoms with Crippen LogP contribution < -0.4 is 0 Å². The van der Waals surface area contributed by atoms with Gasteiger partial charge >= 0.3 is 5.97 Å². The van der Waals surface area contributed by atoms with Crippen molar-refractivity contribution in [3.63, 3.8) is 0 Å². The fourth-order valence-electron chi connectivity index (χ4n) is 2.86. The van der Waals surface area contributed by atoms with Gasteiger partial charge in [0.15, 0.2) is 6.10 Å². The number of rotatable bonds is 4. The average Bonchev–Trinajstić information content (AvgIpc) is 3.14. The molecule has 0 aliphatic carbocycles. The number of carboxylic acid groups (broad SMARTS) is 1. The van der Waals surface area contributed by atoms with Crippen molar-refractivity contribution in [2.24, 2.45) is 0 Å². The summed E-state index contributed by atoms with van der Waals surface area (Å²) in [6.45, 7) is 1.76. The molecule has 10 nitrogen and oxygen atoms in total. The van der Waals surface area contributed by atoms with Gasteiger partial charge in [-0.2, -0.15) is 0 Å². The number of carboxylic acids is 1. The van der Waals surface area contributed by atoms with Crippen LogP contribution in [-0.4, -0.2) is 61.7 Å². The molecule has 0 radical (unpaired) electrons. The lowest BCUT2D eigenvalue weighted by molar-refractivity contribution is -0.384. The smallest absolute Gasteiger partial charge is 0.334 e. The molecule has 1 aromatic heterocycles. The van der Waals surface area contributed by atoms with Gasteiger partial charge in [0.25, 0.3) is 11.6 Å². The molecule has 1 N–H and O–H groups in total. The van der Waals surface area contributed by atoms with Gasteiger partial charge in [0.05, 0.1) is 23.9 Å². The number of benzene rings is 1. The highest BCUT2D eigenvalue weighted by Gasteiger charge is 2.33. The summed E-state index contributed by atoms with van der Waals surface area (Å²) in [6.07, 6.45) is 2.90. The van der Waals surface area contributed by atoms with Crippen molar-refractivity contribution >= 4 is 17.6 Å². The topological polar surface area (TPSA) is 128 Å². The largest absolute Gasteiger partial charge is 0.479 e. The lowest BCUT2D eigenvalue weighted by atomic mass is 10.1. The highest BCUT2D eigenvalue weighted by molar-refractivity contribution is 5.95. The zero-order valence-corrected chi connectivity index (χ0v) is 13.8. The molecule has 10 heteroatoms. The second kappa shape index (κ2) is 6.92. The molecule has 0 saturated carbocycles. The second-order valence-corrected chi connectivity index (χ2v) is 5.91. The van der Waals surface area contributed by atoms with E-state index < -0.39 is 29.0 Å². The van der Waals surface area contributed by atoms with Gasteiger partial charge in [-0.1, -0.05) is 0 Å². The minimum absolute atomic E-state index is 0.110. The van der Waals surface area contributed by atoms with Gasteiger partial charge in [0.2, 0.25) is 0 Å². The maximum absolute atomic E-state index is 12.7. The van der Waals surface area contributed by atoms with E-state index in [4.69, 9.17) is 9.84 Å². The summed E-state index contributed by atoms with van der Waals surface area (Å²) in [5.74, 6) is -1.64. The Kier molecular flexibility index (Phi) is 4.67. The first-order valence-electron chi connectivity index (χ1n) is 7.81. The maximum atomic E-state index is 12.7. The number of ether oxygens (including phenoxy) is 1. The SMILES string of the molecule is C[C@@H]1CN(C(=O)c2ccc(-n3ccnc3)c([N+](=O)[O-])c2)CC(C(=O)O)O1. The van der Waals surface area contributed by atoms with Crippen LogP contribution in [0.3, 0.4) is 0 Å². The molecule has 1 saturated heterocycles. The molecule has 2 heterocycles. The summed E-state index contributed by atoms with van der Waals surface area (Å²) >= 11 is 0. The molecule has 1 aliphatic rings. The predicted octanol–water partition coefficient (Wildman–Crippen LogP) is 1.09. The van der Waals surface area contributed by atoms with Crippen molar-refractivity contribution in [1.29, 1.82) is 0 Å². The van der Waals surface area contributed by atoms with Crippen molar-refractivity contribution in [3.8, 4) is 5.69 Å². The number of imidazole rings is 1. The number of amides is 1. The average molecular weight is 360 g/mol. The van der Waals surface area contributed by atoms with Gasteiger partial charge in [0, 0.05) is 30.6 Å². The van der Waals surface area contributed by atoms with Crippen LogP contribution in [0.25, 0.3) is 5.69 Å². The minimum Gasteiger partial charge on any atom is -0.479 e. The van der Waals surface area contributed by atoms with E-state index in [1.54, 1.807) is 13.1 Å². The Morgan fingerprint density at radius 3 is 2.77 bits per heavy atom. The Morgan fingerprint density at radius 1 is 1.38 bits per heavy atom. The van der Waals surface area contributed by atoms with E-state index in [9.17, 15) is 19.7 Å². The van der Waals surface area contributed by atoms with Crippen molar-refractivity contribution in [3.05, 3.63) is 52.6 Å². The van der Waals surface area contributed by atoms with Gasteiger partial charge in [-0.3, -0.25) is 14.9 Å². The molecule has 2 atom stereocenters. The van der Waals surface area contributed by atoms with Crippen molar-refractivity contribution in [1.82, 2.24) is 14.5 Å². The third-order valence-electron chi connectivity index (χ3n) is 4.02. The van der Waals surface area contributed by atoms with Gasteiger partial charge in [-0.25, -0.2) is 9.78 Å². The fourth-order valence-corrected chi connectivity index (χ4v) is 2.86. The summed E-state index contributed by atoms with van der Waals surface area (Å²) in [4.78, 5) is 39.9. The number of hydrogen-bond donors (Lipinski definition) is 1. The Labute approximate surface area is 147 Å². The highest BCUT2D eigenvalue weighted by atomic mass is 16.6. The van der Waals surface area contributed by atoms with Crippen LogP contribution in [0.15, 0.2) is 36.9 Å². The molecule has 1 unspecified atom stereocenters. The number of carbonyl (C=O) groups excluding carboxylic acids is 1. The monoisotopic (exact) mass is 360 g/mol. The fraction of sp³-hybridized carbons (Fsp3) is 0.312. The van der Waals surface area contributed by atoms with Crippen molar-refractivity contribution in [2.75, 3.05) is 13.1 Å². The van der Waals surface area contributed by atoms with Crippen LogP contribution in [0.5, 0.6) is 0 Å². The first-order valence-corrected chi connectivity index (χ1v) is 7.81. The summed E-state index contributed by atoms with van der Waals surface area (Å²) in [7, 11) is 0. The summed E-state index contributed by atoms with van der Waals surface area (Å²) in [5.41, 5.74) is 0.145. The van der Waals surface area contributed by atoms with Crippen LogP contribution in [-0.2, 0) is 9.53 Å². The Hall–Kier alpha value is -3.27. The molecule has 0 bridgehead atoms. The summed E-state index contributed by atoms with van der Waals surface area (Å²) in [5, 5.41) is 20.5. The number of carbonyl (C=O) groups is 2. The Bertz CT molecular complexity index is 850. The molecule has 136 valence electrons. The Morgan fingerprint density at radius 2 is 2.15 bits per heavy atom. The number of nitrogens with zero attached hydrogens (tertiary/aromatic N) is 4. The van der Waals surface area contributed by atoms with Crippen molar-refractivity contribution < 1.29 is 24.4 Å². The van der Waals surface area contributed by atoms with E-state index in [0.717, 1.165) is 0 Å². The third kappa shape index (κ3) is 3.40. The summed E-state index contributed by atoms with van der Waals surface area (Å²) < 4.78 is 6.76. The molecule has 1 fully saturated rings. The first kappa shape index (κ1) is 17.5. The highest BCUT2D eigenvalue weighted by Crippen LogP contribution is 2.25. The van der Waals surface area contributed by atoms with Gasteiger partial charge in [-0.15, -0.1) is 0 Å². The van der Waals surface area contributed by atoms with Gasteiger partial charge < -0.3 is 19.3 Å². The third-order valence-corrected chi connectivity index (χ3v) is 4.02.